The molecule has 0 spiro atoms. The third-order valence-electron chi connectivity index (χ3n) is 2.57. The van der Waals surface area contributed by atoms with Crippen LogP contribution >= 0.6 is 0 Å². The minimum absolute atomic E-state index is 0.0580. The first-order valence-corrected chi connectivity index (χ1v) is 4.80. The van der Waals surface area contributed by atoms with E-state index >= 15 is 0 Å². The molecule has 1 N–H and O–H groups in total. The van der Waals surface area contributed by atoms with E-state index in [9.17, 15) is 22.0 Å². The SMILES string of the molecule is FC(F)(F)C(F)(F)C1NC=Cc2ccccc21. The third-order valence-corrected chi connectivity index (χ3v) is 2.57. The van der Waals surface area contributed by atoms with E-state index in [0.29, 0.717) is 5.56 Å². The summed E-state index contributed by atoms with van der Waals surface area (Å²) >= 11 is 0. The van der Waals surface area contributed by atoms with Gasteiger partial charge < -0.3 is 5.32 Å². The highest BCUT2D eigenvalue weighted by Gasteiger charge is 2.63. The molecule has 0 aromatic heterocycles. The Kier molecular flexibility index (Phi) is 2.60. The van der Waals surface area contributed by atoms with Crippen molar-refractivity contribution in [3.63, 3.8) is 0 Å². The molecular formula is C11H8F5N. The topological polar surface area (TPSA) is 12.0 Å². The quantitative estimate of drug-likeness (QED) is 0.751. The maximum absolute atomic E-state index is 13.3. The van der Waals surface area contributed by atoms with Crippen molar-refractivity contribution in [2.45, 2.75) is 18.1 Å². The smallest absolute Gasteiger partial charge is 0.378 e. The van der Waals surface area contributed by atoms with Gasteiger partial charge in [-0.2, -0.15) is 22.0 Å². The average molecular weight is 249 g/mol. The number of rotatable bonds is 1. The van der Waals surface area contributed by atoms with E-state index in [2.05, 4.69) is 5.32 Å². The fraction of sp³-hybridized carbons (Fsp3) is 0.273. The van der Waals surface area contributed by atoms with E-state index in [1.54, 1.807) is 6.07 Å². The highest BCUT2D eigenvalue weighted by Crippen LogP contribution is 2.46. The van der Waals surface area contributed by atoms with E-state index in [1.165, 1.54) is 24.3 Å². The van der Waals surface area contributed by atoms with Crippen LogP contribution in [-0.2, 0) is 0 Å². The summed E-state index contributed by atoms with van der Waals surface area (Å²) in [5.74, 6) is -4.81. The Morgan fingerprint density at radius 1 is 1.00 bits per heavy atom. The van der Waals surface area contributed by atoms with Gasteiger partial charge in [0.15, 0.2) is 0 Å². The largest absolute Gasteiger partial charge is 0.455 e. The summed E-state index contributed by atoms with van der Waals surface area (Å²) in [5.41, 5.74) is 0.303. The van der Waals surface area contributed by atoms with E-state index in [4.69, 9.17) is 0 Å². The molecule has 1 aromatic carbocycles. The highest BCUT2D eigenvalue weighted by molar-refractivity contribution is 5.57. The molecule has 1 aliphatic rings. The lowest BCUT2D eigenvalue weighted by Crippen LogP contribution is -2.47. The van der Waals surface area contributed by atoms with Gasteiger partial charge in [-0.15, -0.1) is 0 Å². The standard InChI is InChI=1S/C11H8F5N/c12-10(13,11(14,15)16)9-8-4-2-1-3-7(8)5-6-17-9/h1-6,9,17H. The average Bonchev–Trinajstić information content (AvgIpc) is 2.26. The molecule has 0 radical (unpaired) electrons. The molecule has 1 atom stereocenters. The van der Waals surface area contributed by atoms with Crippen LogP contribution in [0.15, 0.2) is 30.5 Å². The van der Waals surface area contributed by atoms with Crippen LogP contribution in [0, 0.1) is 0 Å². The van der Waals surface area contributed by atoms with Crippen molar-refractivity contribution < 1.29 is 22.0 Å². The van der Waals surface area contributed by atoms with Crippen molar-refractivity contribution in [3.8, 4) is 0 Å². The number of fused-ring (bicyclic) bond motifs is 1. The van der Waals surface area contributed by atoms with E-state index < -0.39 is 18.1 Å². The minimum atomic E-state index is -5.58. The van der Waals surface area contributed by atoms with Crippen LogP contribution in [0.25, 0.3) is 6.08 Å². The van der Waals surface area contributed by atoms with E-state index in [0.717, 1.165) is 6.20 Å². The van der Waals surface area contributed by atoms with Gasteiger partial charge in [0.25, 0.3) is 0 Å². The predicted molar refractivity (Wildman–Crippen MR) is 52.4 cm³/mol. The summed E-state index contributed by atoms with van der Waals surface area (Å²) in [6.07, 6.45) is -3.02. The summed E-state index contributed by atoms with van der Waals surface area (Å²) in [4.78, 5) is 0. The molecule has 6 heteroatoms. The second-order valence-electron chi connectivity index (χ2n) is 3.68. The Balaban J connectivity index is 2.46. The number of halogens is 5. The Hall–Kier alpha value is -1.59. The van der Waals surface area contributed by atoms with Crippen molar-refractivity contribution in [2.24, 2.45) is 0 Å². The number of hydrogen-bond acceptors (Lipinski definition) is 1. The summed E-state index contributed by atoms with van der Waals surface area (Å²) in [7, 11) is 0. The predicted octanol–water partition coefficient (Wildman–Crippen LogP) is 3.50. The number of hydrogen-bond donors (Lipinski definition) is 1. The van der Waals surface area contributed by atoms with Crippen LogP contribution in [0.2, 0.25) is 0 Å². The first-order chi connectivity index (χ1) is 7.84. The Labute approximate surface area is 93.9 Å². The molecule has 0 saturated heterocycles. The fourth-order valence-corrected chi connectivity index (χ4v) is 1.71. The second-order valence-corrected chi connectivity index (χ2v) is 3.68. The van der Waals surface area contributed by atoms with Crippen molar-refractivity contribution in [3.05, 3.63) is 41.6 Å². The van der Waals surface area contributed by atoms with Gasteiger partial charge in [0.1, 0.15) is 6.04 Å². The zero-order valence-electron chi connectivity index (χ0n) is 8.43. The van der Waals surface area contributed by atoms with Crippen LogP contribution in [0.1, 0.15) is 17.2 Å². The van der Waals surface area contributed by atoms with Crippen molar-refractivity contribution in [1.29, 1.82) is 0 Å². The number of benzene rings is 1. The molecule has 2 rings (SSSR count). The molecule has 0 amide bonds. The van der Waals surface area contributed by atoms with Gasteiger partial charge in [-0.25, -0.2) is 0 Å². The van der Waals surface area contributed by atoms with Crippen LogP contribution in [0.3, 0.4) is 0 Å². The van der Waals surface area contributed by atoms with Gasteiger partial charge in [-0.3, -0.25) is 0 Å². The zero-order chi connectivity index (χ0) is 12.7. The summed E-state index contributed by atoms with van der Waals surface area (Å²) in [5, 5.41) is 2.07. The van der Waals surface area contributed by atoms with Gasteiger partial charge in [-0.05, 0) is 23.4 Å². The Morgan fingerprint density at radius 2 is 1.65 bits per heavy atom. The molecule has 1 nitrogen and oxygen atoms in total. The van der Waals surface area contributed by atoms with Gasteiger partial charge >= 0.3 is 12.1 Å². The molecule has 1 unspecified atom stereocenters. The normalized spacial score (nSPS) is 19.7. The first-order valence-electron chi connectivity index (χ1n) is 4.80. The number of nitrogens with one attached hydrogen (secondary N) is 1. The third kappa shape index (κ3) is 1.87. The van der Waals surface area contributed by atoms with E-state index in [-0.39, 0.29) is 5.56 Å². The van der Waals surface area contributed by atoms with Crippen LogP contribution in [-0.4, -0.2) is 12.1 Å². The minimum Gasteiger partial charge on any atom is -0.378 e. The molecule has 0 saturated carbocycles. The highest BCUT2D eigenvalue weighted by atomic mass is 19.4. The molecule has 1 aromatic rings. The summed E-state index contributed by atoms with van der Waals surface area (Å²) in [6, 6.07) is 3.68. The lowest BCUT2D eigenvalue weighted by molar-refractivity contribution is -0.293. The van der Waals surface area contributed by atoms with Crippen molar-refractivity contribution in [1.82, 2.24) is 5.32 Å². The monoisotopic (exact) mass is 249 g/mol. The molecule has 1 heterocycles. The molecule has 0 bridgehead atoms. The fourth-order valence-electron chi connectivity index (χ4n) is 1.71. The zero-order valence-corrected chi connectivity index (χ0v) is 8.43. The number of alkyl halides is 5. The Bertz CT molecular complexity index is 449. The van der Waals surface area contributed by atoms with Gasteiger partial charge in [-0.1, -0.05) is 24.3 Å². The molecule has 0 fully saturated rings. The maximum atomic E-state index is 13.3. The second kappa shape index (κ2) is 3.72. The van der Waals surface area contributed by atoms with Gasteiger partial charge in [0, 0.05) is 0 Å². The van der Waals surface area contributed by atoms with Gasteiger partial charge in [0.2, 0.25) is 0 Å². The maximum Gasteiger partial charge on any atom is 0.455 e. The van der Waals surface area contributed by atoms with Crippen molar-refractivity contribution >= 4 is 6.08 Å². The molecule has 92 valence electrons. The van der Waals surface area contributed by atoms with E-state index in [1.807, 2.05) is 0 Å². The molecular weight excluding hydrogens is 241 g/mol. The van der Waals surface area contributed by atoms with Gasteiger partial charge in [0.05, 0.1) is 0 Å². The van der Waals surface area contributed by atoms with Crippen LogP contribution in [0.4, 0.5) is 22.0 Å². The summed E-state index contributed by atoms with van der Waals surface area (Å²) < 4.78 is 63.4. The van der Waals surface area contributed by atoms with Crippen molar-refractivity contribution in [2.75, 3.05) is 0 Å². The molecule has 1 aliphatic heterocycles. The Morgan fingerprint density at radius 3 is 2.29 bits per heavy atom. The first kappa shape index (κ1) is 11.9. The van der Waals surface area contributed by atoms with Crippen LogP contribution < -0.4 is 5.32 Å². The lowest BCUT2D eigenvalue weighted by Gasteiger charge is -2.31. The molecule has 0 aliphatic carbocycles. The lowest BCUT2D eigenvalue weighted by atomic mass is 9.93. The van der Waals surface area contributed by atoms with Crippen LogP contribution in [0.5, 0.6) is 0 Å². The molecule has 17 heavy (non-hydrogen) atoms. The summed E-state index contributed by atoms with van der Waals surface area (Å²) in [6.45, 7) is 0.